The number of rotatable bonds is 6. The summed E-state index contributed by atoms with van der Waals surface area (Å²) in [7, 11) is 0. The van der Waals surface area contributed by atoms with Crippen molar-refractivity contribution in [1.29, 1.82) is 0 Å². The molecule has 0 radical (unpaired) electrons. The molecule has 1 aromatic heterocycles. The fraction of sp³-hybridized carbons (Fsp3) is 0.818. The Bertz CT molecular complexity index is 318. The monoisotopic (exact) mass is 209 g/mol. The molecule has 2 rings (SSSR count). The molecule has 1 aliphatic carbocycles. The second-order valence-electron chi connectivity index (χ2n) is 4.25. The van der Waals surface area contributed by atoms with Crippen LogP contribution in [0.15, 0.2) is 0 Å². The van der Waals surface area contributed by atoms with E-state index in [9.17, 15) is 0 Å². The normalized spacial score (nSPS) is 15.9. The van der Waals surface area contributed by atoms with Crippen LogP contribution in [-0.4, -0.2) is 19.9 Å². The van der Waals surface area contributed by atoms with Crippen LogP contribution < -0.4 is 0 Å². The number of aryl methyl sites for hydroxylation is 1. The van der Waals surface area contributed by atoms with Gasteiger partial charge in [0.2, 0.25) is 0 Å². The van der Waals surface area contributed by atoms with Gasteiger partial charge in [0.1, 0.15) is 12.4 Å². The summed E-state index contributed by atoms with van der Waals surface area (Å²) in [6.07, 6.45) is 7.07. The van der Waals surface area contributed by atoms with Crippen LogP contribution in [0.4, 0.5) is 0 Å². The molecular weight excluding hydrogens is 190 g/mol. The van der Waals surface area contributed by atoms with Gasteiger partial charge in [-0.2, -0.15) is 0 Å². The Balaban J connectivity index is 2.05. The van der Waals surface area contributed by atoms with Crippen molar-refractivity contribution in [3.05, 3.63) is 11.6 Å². The largest absolute Gasteiger partial charge is 0.388 e. The minimum Gasteiger partial charge on any atom is -0.388 e. The van der Waals surface area contributed by atoms with Gasteiger partial charge in [0, 0.05) is 12.5 Å². The number of hydrogen-bond acceptors (Lipinski definition) is 3. The molecule has 0 unspecified atom stereocenters. The summed E-state index contributed by atoms with van der Waals surface area (Å²) in [5.41, 5.74) is 0. The van der Waals surface area contributed by atoms with Gasteiger partial charge in [-0.05, 0) is 19.3 Å². The van der Waals surface area contributed by atoms with Gasteiger partial charge in [0.05, 0.1) is 0 Å². The molecule has 1 heterocycles. The molecule has 1 aliphatic rings. The van der Waals surface area contributed by atoms with Crippen molar-refractivity contribution in [3.8, 4) is 0 Å². The zero-order valence-corrected chi connectivity index (χ0v) is 9.32. The second kappa shape index (κ2) is 4.75. The maximum absolute atomic E-state index is 9.16. The van der Waals surface area contributed by atoms with Crippen molar-refractivity contribution in [2.24, 2.45) is 0 Å². The summed E-state index contributed by atoms with van der Waals surface area (Å²) in [5, 5.41) is 17.4. The fourth-order valence-electron chi connectivity index (χ4n) is 1.93. The topological polar surface area (TPSA) is 50.9 Å². The second-order valence-corrected chi connectivity index (χ2v) is 4.25. The van der Waals surface area contributed by atoms with Crippen LogP contribution >= 0.6 is 0 Å². The third-order valence-electron chi connectivity index (χ3n) is 2.89. The highest BCUT2D eigenvalue weighted by atomic mass is 16.3. The Morgan fingerprint density at radius 2 is 2.00 bits per heavy atom. The maximum atomic E-state index is 9.16. The van der Waals surface area contributed by atoms with Crippen molar-refractivity contribution in [1.82, 2.24) is 14.8 Å². The highest BCUT2D eigenvalue weighted by Crippen LogP contribution is 2.36. The quantitative estimate of drug-likeness (QED) is 0.727. The summed E-state index contributed by atoms with van der Waals surface area (Å²) in [6, 6.07) is 0.568. The molecule has 1 saturated carbocycles. The van der Waals surface area contributed by atoms with Gasteiger partial charge in [-0.1, -0.05) is 19.8 Å². The molecule has 0 spiro atoms. The third-order valence-corrected chi connectivity index (χ3v) is 2.89. The first-order chi connectivity index (χ1) is 7.36. The molecular formula is C11H19N3O. The number of aromatic nitrogens is 3. The van der Waals surface area contributed by atoms with E-state index in [1.807, 2.05) is 0 Å². The predicted molar refractivity (Wildman–Crippen MR) is 57.4 cm³/mol. The first kappa shape index (κ1) is 10.6. The Labute approximate surface area is 90.3 Å². The zero-order valence-electron chi connectivity index (χ0n) is 9.32. The first-order valence-electron chi connectivity index (χ1n) is 5.90. The molecule has 15 heavy (non-hydrogen) atoms. The molecule has 1 aromatic rings. The van der Waals surface area contributed by atoms with E-state index in [2.05, 4.69) is 21.7 Å². The summed E-state index contributed by atoms with van der Waals surface area (Å²) < 4.78 is 2.15. The molecule has 1 N–H and O–H groups in total. The Morgan fingerprint density at radius 3 is 2.60 bits per heavy atom. The maximum Gasteiger partial charge on any atom is 0.159 e. The van der Waals surface area contributed by atoms with Crippen molar-refractivity contribution in [3.63, 3.8) is 0 Å². The van der Waals surface area contributed by atoms with Gasteiger partial charge in [0.15, 0.2) is 5.82 Å². The van der Waals surface area contributed by atoms with Gasteiger partial charge in [-0.15, -0.1) is 10.2 Å². The zero-order chi connectivity index (χ0) is 10.7. The molecule has 0 amide bonds. The molecule has 0 saturated heterocycles. The predicted octanol–water partition coefficient (Wildman–Crippen LogP) is 1.84. The Hall–Kier alpha value is -0.900. The van der Waals surface area contributed by atoms with Crippen LogP contribution in [0.1, 0.15) is 56.7 Å². The lowest BCUT2D eigenvalue weighted by Crippen LogP contribution is -2.06. The fourth-order valence-corrected chi connectivity index (χ4v) is 1.93. The van der Waals surface area contributed by atoms with E-state index < -0.39 is 0 Å². The molecule has 4 nitrogen and oxygen atoms in total. The van der Waals surface area contributed by atoms with Gasteiger partial charge >= 0.3 is 0 Å². The summed E-state index contributed by atoms with van der Waals surface area (Å²) in [6.45, 7) is 2.21. The van der Waals surface area contributed by atoms with Gasteiger partial charge in [0.25, 0.3) is 0 Å². The van der Waals surface area contributed by atoms with Crippen LogP contribution in [0.25, 0.3) is 0 Å². The van der Waals surface area contributed by atoms with E-state index in [4.69, 9.17) is 5.11 Å². The van der Waals surface area contributed by atoms with Gasteiger partial charge in [-0.25, -0.2) is 0 Å². The lowest BCUT2D eigenvalue weighted by atomic mass is 10.2. The minimum absolute atomic E-state index is 0.0112. The SMILES string of the molecule is CCCCCc1nnc(CO)n1C1CC1. The van der Waals surface area contributed by atoms with Crippen LogP contribution in [0.5, 0.6) is 0 Å². The van der Waals surface area contributed by atoms with Crippen LogP contribution in [0.2, 0.25) is 0 Å². The van der Waals surface area contributed by atoms with E-state index in [-0.39, 0.29) is 6.61 Å². The lowest BCUT2D eigenvalue weighted by Gasteiger charge is -2.06. The van der Waals surface area contributed by atoms with E-state index in [1.165, 1.54) is 32.1 Å². The summed E-state index contributed by atoms with van der Waals surface area (Å²) >= 11 is 0. The van der Waals surface area contributed by atoms with Gasteiger partial charge < -0.3 is 9.67 Å². The first-order valence-corrected chi connectivity index (χ1v) is 5.90. The van der Waals surface area contributed by atoms with Crippen molar-refractivity contribution in [2.45, 2.75) is 58.1 Å². The number of aliphatic hydroxyl groups excluding tert-OH is 1. The van der Waals surface area contributed by atoms with Crippen LogP contribution in [-0.2, 0) is 13.0 Å². The van der Waals surface area contributed by atoms with Crippen LogP contribution in [0, 0.1) is 0 Å². The summed E-state index contributed by atoms with van der Waals surface area (Å²) in [5.74, 6) is 1.80. The molecule has 1 fully saturated rings. The Kier molecular flexibility index (Phi) is 3.36. The highest BCUT2D eigenvalue weighted by molar-refractivity contribution is 5.02. The third kappa shape index (κ3) is 2.37. The van der Waals surface area contributed by atoms with Crippen molar-refractivity contribution < 1.29 is 5.11 Å². The average Bonchev–Trinajstić information content (AvgIpc) is 3.00. The summed E-state index contributed by atoms with van der Waals surface area (Å²) in [4.78, 5) is 0. The van der Waals surface area contributed by atoms with E-state index in [0.717, 1.165) is 18.1 Å². The van der Waals surface area contributed by atoms with E-state index >= 15 is 0 Å². The number of hydrogen-bond donors (Lipinski definition) is 1. The molecule has 0 atom stereocenters. The van der Waals surface area contributed by atoms with E-state index in [0.29, 0.717) is 6.04 Å². The van der Waals surface area contributed by atoms with Crippen molar-refractivity contribution >= 4 is 0 Å². The molecule has 0 aromatic carbocycles. The van der Waals surface area contributed by atoms with Crippen LogP contribution in [0.3, 0.4) is 0 Å². The molecule has 0 bridgehead atoms. The average molecular weight is 209 g/mol. The number of nitrogens with zero attached hydrogens (tertiary/aromatic N) is 3. The smallest absolute Gasteiger partial charge is 0.159 e. The number of aliphatic hydroxyl groups is 1. The highest BCUT2D eigenvalue weighted by Gasteiger charge is 2.28. The number of unbranched alkanes of at least 4 members (excludes halogenated alkanes) is 2. The molecule has 84 valence electrons. The lowest BCUT2D eigenvalue weighted by molar-refractivity contribution is 0.264. The van der Waals surface area contributed by atoms with Gasteiger partial charge in [-0.3, -0.25) is 0 Å². The standard InChI is InChI=1S/C11H19N3O/c1-2-3-4-5-10-12-13-11(8-15)14(10)9-6-7-9/h9,15H,2-8H2,1H3. The minimum atomic E-state index is 0.0112. The molecule has 0 aliphatic heterocycles. The molecule has 4 heteroatoms. The van der Waals surface area contributed by atoms with Crippen molar-refractivity contribution in [2.75, 3.05) is 0 Å². The van der Waals surface area contributed by atoms with E-state index in [1.54, 1.807) is 0 Å². The Morgan fingerprint density at radius 1 is 1.27 bits per heavy atom.